The quantitative estimate of drug-likeness (QED) is 0.200. The number of benzene rings is 4. The molecule has 9 rings (SSSR count). The van der Waals surface area contributed by atoms with Crippen LogP contribution in [0.2, 0.25) is 0 Å². The summed E-state index contributed by atoms with van der Waals surface area (Å²) < 4.78 is 0. The van der Waals surface area contributed by atoms with E-state index in [-0.39, 0.29) is 0 Å². The zero-order chi connectivity index (χ0) is 29.0. The molecule has 0 bridgehead atoms. The molecule has 0 aliphatic carbocycles. The van der Waals surface area contributed by atoms with E-state index in [1.165, 1.54) is 0 Å². The molecule has 5 heterocycles. The first-order valence-electron chi connectivity index (χ1n) is 14.3. The number of hydrogen-bond donors (Lipinski definition) is 0. The fourth-order valence-electron chi connectivity index (χ4n) is 5.76. The highest BCUT2D eigenvalue weighted by Gasteiger charge is 2.16. The van der Waals surface area contributed by atoms with Crippen LogP contribution in [0.5, 0.6) is 0 Å². The molecule has 44 heavy (non-hydrogen) atoms. The van der Waals surface area contributed by atoms with E-state index in [9.17, 15) is 0 Å². The third-order valence-electron chi connectivity index (χ3n) is 7.97. The van der Waals surface area contributed by atoms with Gasteiger partial charge in [-0.2, -0.15) is 0 Å². The molecule has 0 atom stereocenters. The number of aromatic nitrogens is 7. The van der Waals surface area contributed by atoms with E-state index in [2.05, 4.69) is 58.5 Å². The van der Waals surface area contributed by atoms with Crippen LogP contribution in [-0.4, -0.2) is 34.9 Å². The van der Waals surface area contributed by atoms with Gasteiger partial charge in [0.25, 0.3) is 0 Å². The molecule has 5 aromatic heterocycles. The van der Waals surface area contributed by atoms with Gasteiger partial charge in [-0.3, -0.25) is 9.97 Å². The Labute approximate surface area is 251 Å². The van der Waals surface area contributed by atoms with Crippen molar-refractivity contribution < 1.29 is 0 Å². The van der Waals surface area contributed by atoms with Crippen LogP contribution in [0.25, 0.3) is 88.8 Å². The van der Waals surface area contributed by atoms with Gasteiger partial charge in [0, 0.05) is 39.5 Å². The summed E-state index contributed by atoms with van der Waals surface area (Å²) in [4.78, 5) is 34.2. The van der Waals surface area contributed by atoms with E-state index in [1.54, 1.807) is 12.4 Å². The molecule has 7 nitrogen and oxygen atoms in total. The second-order valence-electron chi connectivity index (χ2n) is 10.7. The largest absolute Gasteiger partial charge is 0.254 e. The van der Waals surface area contributed by atoms with Crippen LogP contribution in [0, 0.1) is 0 Å². The van der Waals surface area contributed by atoms with E-state index in [1.807, 2.05) is 66.7 Å². The van der Waals surface area contributed by atoms with Crippen molar-refractivity contribution in [3.05, 3.63) is 128 Å². The number of fused-ring (bicyclic) bond motifs is 7. The molecule has 204 valence electrons. The lowest BCUT2D eigenvalue weighted by molar-refractivity contribution is 1.05. The minimum atomic E-state index is 0.464. The van der Waals surface area contributed by atoms with Crippen molar-refractivity contribution in [1.82, 2.24) is 34.9 Å². The standard InChI is InChI=1S/C37H21N7/c1-2-6-27-21-28(14-9-22(27)5-1)35-42-36(29-17-15-25-12-10-23-7-3-19-38-31(23)33(25)40-29)44-37(43-35)30-18-16-26-13-11-24-8-4-20-39-32(24)34(26)41-30/h1-21H. The van der Waals surface area contributed by atoms with Crippen molar-refractivity contribution in [2.45, 2.75) is 0 Å². The summed E-state index contributed by atoms with van der Waals surface area (Å²) in [6.07, 6.45) is 3.58. The summed E-state index contributed by atoms with van der Waals surface area (Å²) in [5, 5.41) is 6.31. The van der Waals surface area contributed by atoms with Crippen LogP contribution < -0.4 is 0 Å². The van der Waals surface area contributed by atoms with Gasteiger partial charge < -0.3 is 0 Å². The molecule has 0 aliphatic heterocycles. The van der Waals surface area contributed by atoms with Crippen LogP contribution in [0.15, 0.2) is 128 Å². The molecule has 7 heteroatoms. The van der Waals surface area contributed by atoms with Gasteiger partial charge in [0.15, 0.2) is 17.5 Å². The van der Waals surface area contributed by atoms with Crippen molar-refractivity contribution in [3.63, 3.8) is 0 Å². The predicted molar refractivity (Wildman–Crippen MR) is 175 cm³/mol. The fourth-order valence-corrected chi connectivity index (χ4v) is 5.76. The zero-order valence-electron chi connectivity index (χ0n) is 23.3. The van der Waals surface area contributed by atoms with Gasteiger partial charge in [0.2, 0.25) is 0 Å². The Kier molecular flexibility index (Phi) is 5.36. The Bertz CT molecular complexity index is 2440. The van der Waals surface area contributed by atoms with Crippen LogP contribution >= 0.6 is 0 Å². The van der Waals surface area contributed by atoms with E-state index < -0.39 is 0 Å². The summed E-state index contributed by atoms with van der Waals surface area (Å²) in [5.41, 5.74) is 5.43. The third kappa shape index (κ3) is 4.02. The fraction of sp³-hybridized carbons (Fsp3) is 0. The molecular weight excluding hydrogens is 542 g/mol. The first-order chi connectivity index (χ1) is 21.8. The molecule has 0 saturated heterocycles. The number of rotatable bonds is 3. The van der Waals surface area contributed by atoms with E-state index in [4.69, 9.17) is 24.9 Å². The molecule has 0 amide bonds. The molecule has 9 aromatic rings. The SMILES string of the molecule is c1ccc2cc(-c3nc(-c4ccc5ccc6cccnc6c5n4)nc(-c4ccc5ccc6cccnc6c5n4)n3)ccc2c1. The Hall–Kier alpha value is -6.21. The molecule has 0 radical (unpaired) electrons. The Morgan fingerprint density at radius 2 is 0.773 bits per heavy atom. The predicted octanol–water partition coefficient (Wildman–Crippen LogP) is 8.22. The van der Waals surface area contributed by atoms with E-state index in [0.29, 0.717) is 28.9 Å². The molecule has 0 unspecified atom stereocenters. The molecular formula is C37H21N7. The zero-order valence-corrected chi connectivity index (χ0v) is 23.3. The molecule has 4 aromatic carbocycles. The van der Waals surface area contributed by atoms with Crippen LogP contribution in [0.3, 0.4) is 0 Å². The number of hydrogen-bond acceptors (Lipinski definition) is 7. The van der Waals surface area contributed by atoms with Crippen LogP contribution in [-0.2, 0) is 0 Å². The van der Waals surface area contributed by atoms with Crippen molar-refractivity contribution in [3.8, 4) is 34.4 Å². The highest BCUT2D eigenvalue weighted by molar-refractivity contribution is 6.04. The average Bonchev–Trinajstić information content (AvgIpc) is 3.10. The van der Waals surface area contributed by atoms with Gasteiger partial charge in [-0.05, 0) is 41.1 Å². The lowest BCUT2D eigenvalue weighted by atomic mass is 10.1. The second-order valence-corrected chi connectivity index (χ2v) is 10.7. The van der Waals surface area contributed by atoms with Crippen molar-refractivity contribution >= 4 is 54.4 Å². The van der Waals surface area contributed by atoms with Gasteiger partial charge >= 0.3 is 0 Å². The highest BCUT2D eigenvalue weighted by Crippen LogP contribution is 2.30. The molecule has 0 N–H and O–H groups in total. The van der Waals surface area contributed by atoms with Crippen LogP contribution in [0.4, 0.5) is 0 Å². The molecule has 0 spiro atoms. The summed E-state index contributed by atoms with van der Waals surface area (Å²) in [6, 6.07) is 38.7. The van der Waals surface area contributed by atoms with Gasteiger partial charge in [-0.15, -0.1) is 0 Å². The van der Waals surface area contributed by atoms with Crippen LogP contribution in [0.1, 0.15) is 0 Å². The number of nitrogens with zero attached hydrogens (tertiary/aromatic N) is 7. The minimum Gasteiger partial charge on any atom is -0.254 e. The summed E-state index contributed by atoms with van der Waals surface area (Å²) in [7, 11) is 0. The topological polar surface area (TPSA) is 90.2 Å². The molecule has 0 aliphatic rings. The smallest absolute Gasteiger partial charge is 0.182 e. The highest BCUT2D eigenvalue weighted by atomic mass is 15.1. The van der Waals surface area contributed by atoms with Gasteiger partial charge in [-0.25, -0.2) is 24.9 Å². The maximum Gasteiger partial charge on any atom is 0.182 e. The van der Waals surface area contributed by atoms with Crippen molar-refractivity contribution in [2.75, 3.05) is 0 Å². The third-order valence-corrected chi connectivity index (χ3v) is 7.97. The van der Waals surface area contributed by atoms with Gasteiger partial charge in [0.1, 0.15) is 11.4 Å². The van der Waals surface area contributed by atoms with Gasteiger partial charge in [0.05, 0.1) is 22.1 Å². The van der Waals surface area contributed by atoms with Gasteiger partial charge in [-0.1, -0.05) is 84.9 Å². The van der Waals surface area contributed by atoms with Crippen molar-refractivity contribution in [2.24, 2.45) is 0 Å². The lowest BCUT2D eigenvalue weighted by Crippen LogP contribution is -2.02. The van der Waals surface area contributed by atoms with E-state index in [0.717, 1.165) is 59.9 Å². The summed E-state index contributed by atoms with van der Waals surface area (Å²) >= 11 is 0. The monoisotopic (exact) mass is 563 g/mol. The van der Waals surface area contributed by atoms with E-state index >= 15 is 0 Å². The summed E-state index contributed by atoms with van der Waals surface area (Å²) in [6.45, 7) is 0. The molecule has 0 saturated carbocycles. The minimum absolute atomic E-state index is 0.464. The maximum absolute atomic E-state index is 5.04. The lowest BCUT2D eigenvalue weighted by Gasteiger charge is -2.10. The maximum atomic E-state index is 5.04. The summed E-state index contributed by atoms with van der Waals surface area (Å²) in [5.74, 6) is 1.48. The first-order valence-corrected chi connectivity index (χ1v) is 14.3. The Morgan fingerprint density at radius 3 is 1.36 bits per heavy atom. The first kappa shape index (κ1) is 24.4. The number of pyridine rings is 4. The molecule has 0 fully saturated rings. The second kappa shape index (κ2) is 9.68. The average molecular weight is 564 g/mol. The normalized spacial score (nSPS) is 11.6. The Morgan fingerprint density at radius 1 is 0.318 bits per heavy atom. The van der Waals surface area contributed by atoms with Crippen molar-refractivity contribution in [1.29, 1.82) is 0 Å². The Balaban J connectivity index is 1.29.